The molecule has 4 rings (SSSR count). The Bertz CT molecular complexity index is 1000. The van der Waals surface area contributed by atoms with E-state index in [1.54, 1.807) is 11.8 Å². The normalized spacial score (nSPS) is 16.2. The third-order valence-electron chi connectivity index (χ3n) is 4.64. The molecule has 1 amide bonds. The van der Waals surface area contributed by atoms with Crippen LogP contribution in [0.15, 0.2) is 41.4 Å². The molecular formula is C19H18ClN3O2S. The number of pyridine rings is 1. The van der Waals surface area contributed by atoms with E-state index in [2.05, 4.69) is 10.3 Å². The van der Waals surface area contributed by atoms with Crippen molar-refractivity contribution in [3.05, 3.63) is 52.7 Å². The fourth-order valence-corrected chi connectivity index (χ4v) is 3.81. The molecule has 0 fully saturated rings. The van der Waals surface area contributed by atoms with Gasteiger partial charge in [0.1, 0.15) is 5.69 Å². The Morgan fingerprint density at radius 3 is 3.00 bits per heavy atom. The third kappa shape index (κ3) is 3.04. The van der Waals surface area contributed by atoms with Crippen molar-refractivity contribution in [2.24, 2.45) is 7.05 Å². The molecule has 1 aromatic carbocycles. The minimum atomic E-state index is -0.119. The molecular weight excluding hydrogens is 370 g/mol. The van der Waals surface area contributed by atoms with E-state index >= 15 is 0 Å². The smallest absolute Gasteiger partial charge is 0.268 e. The number of hydrogen-bond acceptors (Lipinski definition) is 4. The fraction of sp³-hybridized carbons (Fsp3) is 0.263. The molecule has 134 valence electrons. The predicted molar refractivity (Wildman–Crippen MR) is 104 cm³/mol. The Morgan fingerprint density at radius 2 is 2.19 bits per heavy atom. The molecule has 2 aromatic heterocycles. The average molecular weight is 388 g/mol. The number of thioether (sulfide) groups is 1. The molecule has 0 saturated carbocycles. The van der Waals surface area contributed by atoms with Crippen LogP contribution in [0, 0.1) is 0 Å². The van der Waals surface area contributed by atoms with Crippen LogP contribution in [0.3, 0.4) is 0 Å². The number of benzene rings is 1. The first-order valence-corrected chi connectivity index (χ1v) is 9.90. The van der Waals surface area contributed by atoms with Gasteiger partial charge in [0.25, 0.3) is 5.91 Å². The van der Waals surface area contributed by atoms with Gasteiger partial charge in [-0.1, -0.05) is 17.7 Å². The second-order valence-corrected chi connectivity index (χ2v) is 7.47. The number of rotatable bonds is 3. The Morgan fingerprint density at radius 1 is 1.35 bits per heavy atom. The van der Waals surface area contributed by atoms with Gasteiger partial charge in [0, 0.05) is 35.0 Å². The molecule has 3 heterocycles. The van der Waals surface area contributed by atoms with Crippen LogP contribution >= 0.6 is 23.4 Å². The quantitative estimate of drug-likeness (QED) is 0.684. The molecule has 26 heavy (non-hydrogen) atoms. The number of amides is 1. The van der Waals surface area contributed by atoms with Gasteiger partial charge in [-0.3, -0.25) is 4.79 Å². The van der Waals surface area contributed by atoms with Crippen LogP contribution in [0.4, 0.5) is 0 Å². The second-order valence-electron chi connectivity index (χ2n) is 6.20. The van der Waals surface area contributed by atoms with Gasteiger partial charge in [-0.2, -0.15) is 0 Å². The number of hydrogen-bond donors (Lipinski definition) is 1. The van der Waals surface area contributed by atoms with Crippen LogP contribution < -0.4 is 10.1 Å². The van der Waals surface area contributed by atoms with Crippen molar-refractivity contribution in [1.82, 2.24) is 14.9 Å². The highest BCUT2D eigenvalue weighted by molar-refractivity contribution is 7.98. The van der Waals surface area contributed by atoms with Crippen LogP contribution in [-0.4, -0.2) is 28.3 Å². The van der Waals surface area contributed by atoms with Crippen LogP contribution in [-0.2, 0) is 7.05 Å². The topological polar surface area (TPSA) is 56.1 Å². The number of halogens is 1. The number of carbonyl (C=O) groups is 1. The van der Waals surface area contributed by atoms with E-state index in [1.807, 2.05) is 54.3 Å². The van der Waals surface area contributed by atoms with E-state index in [0.29, 0.717) is 23.2 Å². The first-order chi connectivity index (χ1) is 12.6. The van der Waals surface area contributed by atoms with Crippen LogP contribution in [0.2, 0.25) is 5.02 Å². The lowest BCUT2D eigenvalue weighted by Crippen LogP contribution is -2.33. The third-order valence-corrected chi connectivity index (χ3v) is 5.52. The second kappa shape index (κ2) is 6.85. The molecule has 0 aliphatic carbocycles. The molecule has 0 radical (unpaired) electrons. The average Bonchev–Trinajstić information content (AvgIpc) is 2.98. The summed E-state index contributed by atoms with van der Waals surface area (Å²) in [6.07, 6.45) is 2.69. The molecule has 0 bridgehead atoms. The van der Waals surface area contributed by atoms with Crippen molar-refractivity contribution in [3.8, 4) is 5.88 Å². The standard InChI is InChI=1S/C19H18ClN3O2S/c1-23-15-10-12(20)4-3-11(15)9-16(23)18(24)21-14-7-8-25-19-13(14)5-6-17(22-19)26-2/h3-6,9-10,14H,7-8H2,1-2H3,(H,21,24). The Kier molecular flexibility index (Phi) is 4.54. The van der Waals surface area contributed by atoms with Crippen molar-refractivity contribution in [2.75, 3.05) is 12.9 Å². The van der Waals surface area contributed by atoms with E-state index in [4.69, 9.17) is 16.3 Å². The zero-order valence-electron chi connectivity index (χ0n) is 14.5. The summed E-state index contributed by atoms with van der Waals surface area (Å²) in [4.78, 5) is 17.4. The summed E-state index contributed by atoms with van der Waals surface area (Å²) in [6, 6.07) is 11.3. The molecule has 7 heteroatoms. The Hall–Kier alpha value is -2.18. The van der Waals surface area contributed by atoms with Gasteiger partial charge in [-0.15, -0.1) is 11.8 Å². The highest BCUT2D eigenvalue weighted by atomic mass is 35.5. The predicted octanol–water partition coefficient (Wildman–Crippen LogP) is 4.20. The maximum absolute atomic E-state index is 12.9. The number of nitrogens with one attached hydrogen (secondary N) is 1. The van der Waals surface area contributed by atoms with Crippen molar-refractivity contribution >= 4 is 40.2 Å². The first-order valence-electron chi connectivity index (χ1n) is 8.30. The summed E-state index contributed by atoms with van der Waals surface area (Å²) in [6.45, 7) is 0.535. The van der Waals surface area contributed by atoms with E-state index in [0.717, 1.165) is 27.9 Å². The van der Waals surface area contributed by atoms with Gasteiger partial charge in [-0.05, 0) is 36.6 Å². The fourth-order valence-electron chi connectivity index (χ4n) is 3.26. The summed E-state index contributed by atoms with van der Waals surface area (Å²) in [7, 11) is 1.87. The Balaban J connectivity index is 1.63. The van der Waals surface area contributed by atoms with Gasteiger partial charge in [0.05, 0.1) is 17.7 Å². The SMILES string of the molecule is CSc1ccc2c(n1)OCCC2NC(=O)c1cc2ccc(Cl)cc2n1C. The summed E-state index contributed by atoms with van der Waals surface area (Å²) in [5, 5.41) is 5.67. The van der Waals surface area contributed by atoms with E-state index in [-0.39, 0.29) is 11.9 Å². The van der Waals surface area contributed by atoms with Crippen LogP contribution in [0.25, 0.3) is 10.9 Å². The number of fused-ring (bicyclic) bond motifs is 2. The van der Waals surface area contributed by atoms with Gasteiger partial charge in [0.15, 0.2) is 0 Å². The van der Waals surface area contributed by atoms with Gasteiger partial charge >= 0.3 is 0 Å². The van der Waals surface area contributed by atoms with Gasteiger partial charge in [0.2, 0.25) is 5.88 Å². The Labute approximate surface area is 160 Å². The number of aromatic nitrogens is 2. The van der Waals surface area contributed by atoms with Crippen molar-refractivity contribution in [3.63, 3.8) is 0 Å². The highest BCUT2D eigenvalue weighted by Crippen LogP contribution is 2.32. The number of nitrogens with zero attached hydrogens (tertiary/aromatic N) is 2. The van der Waals surface area contributed by atoms with Crippen LogP contribution in [0.1, 0.15) is 28.5 Å². The number of carbonyl (C=O) groups excluding carboxylic acids is 1. The lowest BCUT2D eigenvalue weighted by Gasteiger charge is -2.26. The van der Waals surface area contributed by atoms with Crippen molar-refractivity contribution in [2.45, 2.75) is 17.5 Å². The molecule has 0 saturated heterocycles. The minimum absolute atomic E-state index is 0.115. The van der Waals surface area contributed by atoms with Gasteiger partial charge in [-0.25, -0.2) is 4.98 Å². The first kappa shape index (κ1) is 17.2. The van der Waals surface area contributed by atoms with Crippen LogP contribution in [0.5, 0.6) is 5.88 Å². The molecule has 0 spiro atoms. The number of ether oxygens (including phenoxy) is 1. The maximum Gasteiger partial charge on any atom is 0.268 e. The lowest BCUT2D eigenvalue weighted by atomic mass is 10.0. The van der Waals surface area contributed by atoms with Crippen molar-refractivity contribution < 1.29 is 9.53 Å². The van der Waals surface area contributed by atoms with Gasteiger partial charge < -0.3 is 14.6 Å². The molecule has 1 unspecified atom stereocenters. The van der Waals surface area contributed by atoms with Crippen molar-refractivity contribution in [1.29, 1.82) is 0 Å². The largest absolute Gasteiger partial charge is 0.477 e. The summed E-state index contributed by atoms with van der Waals surface area (Å²) < 4.78 is 7.54. The minimum Gasteiger partial charge on any atom is -0.477 e. The molecule has 5 nitrogen and oxygen atoms in total. The molecule has 1 N–H and O–H groups in total. The lowest BCUT2D eigenvalue weighted by molar-refractivity contribution is 0.0916. The molecule has 1 aliphatic rings. The zero-order valence-corrected chi connectivity index (χ0v) is 16.0. The summed E-state index contributed by atoms with van der Waals surface area (Å²) in [5.74, 6) is 0.490. The number of aryl methyl sites for hydroxylation is 1. The molecule has 1 atom stereocenters. The molecule has 3 aromatic rings. The van der Waals surface area contributed by atoms with E-state index in [9.17, 15) is 4.79 Å². The zero-order chi connectivity index (χ0) is 18.3. The monoisotopic (exact) mass is 387 g/mol. The summed E-state index contributed by atoms with van der Waals surface area (Å²) >= 11 is 7.65. The van der Waals surface area contributed by atoms with E-state index < -0.39 is 0 Å². The maximum atomic E-state index is 12.9. The molecule has 1 aliphatic heterocycles. The highest BCUT2D eigenvalue weighted by Gasteiger charge is 2.26. The summed E-state index contributed by atoms with van der Waals surface area (Å²) in [5.41, 5.74) is 2.45. The van der Waals surface area contributed by atoms with E-state index in [1.165, 1.54) is 0 Å².